The number of hydrogen-bond acceptors (Lipinski definition) is 0. The van der Waals surface area contributed by atoms with Gasteiger partial charge in [0, 0.05) is 0 Å². The molecular weight excluding hydrogens is 609 g/mol. The third kappa shape index (κ3) is 8.99. The van der Waals surface area contributed by atoms with Crippen LogP contribution >= 0.6 is 23.8 Å². The molecular formula is C43H41P3. The van der Waals surface area contributed by atoms with E-state index < -0.39 is 23.8 Å². The number of rotatable bonds is 14. The van der Waals surface area contributed by atoms with E-state index in [1.54, 1.807) is 5.57 Å². The Morgan fingerprint density at radius 2 is 0.565 bits per heavy atom. The summed E-state index contributed by atoms with van der Waals surface area (Å²) in [5.41, 5.74) is 1.61. The number of benzene rings is 6. The second-order valence-corrected chi connectivity index (χ2v) is 18.2. The van der Waals surface area contributed by atoms with Gasteiger partial charge in [-0.25, -0.2) is 0 Å². The molecule has 228 valence electrons. The maximum atomic E-state index is 2.64. The highest BCUT2D eigenvalue weighted by atomic mass is 31.1. The number of allylic oxidation sites excluding steroid dienone is 2. The van der Waals surface area contributed by atoms with Crippen molar-refractivity contribution in [3.63, 3.8) is 0 Å². The van der Waals surface area contributed by atoms with Crippen molar-refractivity contribution in [1.29, 1.82) is 0 Å². The van der Waals surface area contributed by atoms with E-state index >= 15 is 0 Å². The maximum Gasteiger partial charge on any atom is -0.00615 e. The normalized spacial score (nSPS) is 11.2. The van der Waals surface area contributed by atoms with E-state index in [9.17, 15) is 0 Å². The lowest BCUT2D eigenvalue weighted by molar-refractivity contribution is 0.985. The summed E-state index contributed by atoms with van der Waals surface area (Å²) in [6.45, 7) is 0. The van der Waals surface area contributed by atoms with Gasteiger partial charge >= 0.3 is 0 Å². The molecule has 0 saturated heterocycles. The molecule has 0 amide bonds. The third-order valence-electron chi connectivity index (χ3n) is 8.28. The average molecular weight is 651 g/mol. The molecule has 0 aliphatic heterocycles. The fourth-order valence-electron chi connectivity index (χ4n) is 5.88. The third-order valence-corrected chi connectivity index (χ3v) is 15.7. The van der Waals surface area contributed by atoms with Crippen LogP contribution < -0.4 is 31.8 Å². The molecule has 0 aromatic heterocycles. The van der Waals surface area contributed by atoms with Crippen molar-refractivity contribution in [2.45, 2.75) is 12.8 Å². The summed E-state index contributed by atoms with van der Waals surface area (Å²) in [6, 6.07) is 67.1. The Labute approximate surface area is 279 Å². The predicted molar refractivity (Wildman–Crippen MR) is 209 cm³/mol. The summed E-state index contributed by atoms with van der Waals surface area (Å²) in [7, 11) is -1.36. The molecule has 0 fully saturated rings. The largest absolute Gasteiger partial charge is 0.0804 e. The molecule has 6 aromatic rings. The van der Waals surface area contributed by atoms with E-state index in [0.29, 0.717) is 0 Å². The van der Waals surface area contributed by atoms with Crippen LogP contribution in [0.1, 0.15) is 12.8 Å². The molecule has 0 N–H and O–H groups in total. The SMILES string of the molecule is C(CP(c1ccccc1)c1ccccc1)=C(CCP(c1ccccc1)c1ccccc1)CCP(c1ccccc1)c1ccccc1. The van der Waals surface area contributed by atoms with E-state index in [1.807, 2.05) is 0 Å². The van der Waals surface area contributed by atoms with Gasteiger partial charge in [-0.2, -0.15) is 0 Å². The first-order valence-electron chi connectivity index (χ1n) is 16.2. The molecule has 0 atom stereocenters. The second kappa shape index (κ2) is 17.3. The zero-order chi connectivity index (χ0) is 31.2. The Morgan fingerprint density at radius 3 is 0.826 bits per heavy atom. The van der Waals surface area contributed by atoms with Crippen LogP contribution in [0.3, 0.4) is 0 Å². The highest BCUT2D eigenvalue weighted by Gasteiger charge is 2.18. The predicted octanol–water partition coefficient (Wildman–Crippen LogP) is 9.09. The van der Waals surface area contributed by atoms with Crippen LogP contribution in [0.5, 0.6) is 0 Å². The van der Waals surface area contributed by atoms with Crippen LogP contribution in [0.4, 0.5) is 0 Å². The van der Waals surface area contributed by atoms with Crippen molar-refractivity contribution in [2.24, 2.45) is 0 Å². The minimum absolute atomic E-state index is 0.441. The zero-order valence-electron chi connectivity index (χ0n) is 26.3. The van der Waals surface area contributed by atoms with Crippen molar-refractivity contribution < 1.29 is 0 Å². The van der Waals surface area contributed by atoms with Crippen molar-refractivity contribution in [1.82, 2.24) is 0 Å². The van der Waals surface area contributed by atoms with E-state index in [-0.39, 0.29) is 0 Å². The van der Waals surface area contributed by atoms with Gasteiger partial charge in [0.25, 0.3) is 0 Å². The van der Waals surface area contributed by atoms with Gasteiger partial charge < -0.3 is 0 Å². The Bertz CT molecular complexity index is 1530. The minimum Gasteiger partial charge on any atom is -0.0804 e. The van der Waals surface area contributed by atoms with Gasteiger partial charge in [0.15, 0.2) is 0 Å². The Balaban J connectivity index is 1.31. The fraction of sp³-hybridized carbons (Fsp3) is 0.116. The number of hydrogen-bond donors (Lipinski definition) is 0. The molecule has 0 aliphatic rings. The standard InChI is InChI=1S/C43H41P3/c1-7-19-38(20-8-1)44(39-21-9-2-10-22-39)34-31-37(32-35-45(40-23-11-3-12-24-40)41-25-13-4-14-26-41)33-36-46(42-27-15-5-16-28-42)43-29-17-6-18-30-43/h1-31H,32-36H2. The minimum atomic E-state index is -0.477. The first kappa shape index (κ1) is 32.3. The quantitative estimate of drug-likeness (QED) is 0.0815. The molecule has 0 bridgehead atoms. The van der Waals surface area contributed by atoms with E-state index in [2.05, 4.69) is 188 Å². The maximum absolute atomic E-state index is 2.64. The molecule has 0 unspecified atom stereocenters. The van der Waals surface area contributed by atoms with E-state index in [0.717, 1.165) is 19.0 Å². The van der Waals surface area contributed by atoms with Crippen LogP contribution in [-0.2, 0) is 0 Å². The van der Waals surface area contributed by atoms with Crippen LogP contribution in [-0.4, -0.2) is 18.5 Å². The summed E-state index contributed by atoms with van der Waals surface area (Å²) in [6.07, 6.45) is 8.28. The average Bonchev–Trinajstić information content (AvgIpc) is 3.14. The van der Waals surface area contributed by atoms with Crippen LogP contribution in [0, 0.1) is 0 Å². The first-order valence-corrected chi connectivity index (χ1v) is 20.7. The van der Waals surface area contributed by atoms with Gasteiger partial charge in [-0.05, 0) is 86.9 Å². The monoisotopic (exact) mass is 650 g/mol. The van der Waals surface area contributed by atoms with E-state index in [1.165, 1.54) is 44.2 Å². The molecule has 46 heavy (non-hydrogen) atoms. The molecule has 0 radical (unpaired) electrons. The van der Waals surface area contributed by atoms with Gasteiger partial charge in [-0.1, -0.05) is 194 Å². The van der Waals surface area contributed by atoms with Gasteiger partial charge in [-0.15, -0.1) is 0 Å². The Hall–Kier alpha value is -3.65. The van der Waals surface area contributed by atoms with Crippen LogP contribution in [0.25, 0.3) is 0 Å². The lowest BCUT2D eigenvalue weighted by atomic mass is 10.1. The first-order chi connectivity index (χ1) is 22.8. The molecule has 0 saturated carbocycles. The van der Waals surface area contributed by atoms with Gasteiger partial charge in [0.05, 0.1) is 0 Å². The smallest absolute Gasteiger partial charge is 0.00615 e. The van der Waals surface area contributed by atoms with E-state index in [4.69, 9.17) is 0 Å². The molecule has 0 aliphatic carbocycles. The summed E-state index contributed by atoms with van der Waals surface area (Å²) in [5.74, 6) is 0. The molecule has 0 spiro atoms. The highest BCUT2D eigenvalue weighted by Crippen LogP contribution is 2.40. The van der Waals surface area contributed by atoms with Gasteiger partial charge in [0.2, 0.25) is 0 Å². The summed E-state index contributed by atoms with van der Waals surface area (Å²) in [5, 5.41) is 8.77. The topological polar surface area (TPSA) is 0 Å². The molecule has 6 rings (SSSR count). The summed E-state index contributed by atoms with van der Waals surface area (Å²) in [4.78, 5) is 0. The fourth-order valence-corrected chi connectivity index (χ4v) is 12.9. The Kier molecular flexibility index (Phi) is 12.2. The summed E-state index contributed by atoms with van der Waals surface area (Å²) < 4.78 is 0. The van der Waals surface area contributed by atoms with Gasteiger partial charge in [0.1, 0.15) is 0 Å². The van der Waals surface area contributed by atoms with Crippen molar-refractivity contribution in [2.75, 3.05) is 18.5 Å². The lowest BCUT2D eigenvalue weighted by Gasteiger charge is -2.23. The van der Waals surface area contributed by atoms with Crippen LogP contribution in [0.15, 0.2) is 194 Å². The van der Waals surface area contributed by atoms with Crippen LogP contribution in [0.2, 0.25) is 0 Å². The van der Waals surface area contributed by atoms with Crippen molar-refractivity contribution in [3.8, 4) is 0 Å². The van der Waals surface area contributed by atoms with Gasteiger partial charge in [-0.3, -0.25) is 0 Å². The Morgan fingerprint density at radius 1 is 0.326 bits per heavy atom. The highest BCUT2D eigenvalue weighted by molar-refractivity contribution is 7.73. The lowest BCUT2D eigenvalue weighted by Crippen LogP contribution is -2.16. The van der Waals surface area contributed by atoms with Crippen molar-refractivity contribution >= 4 is 55.6 Å². The zero-order valence-corrected chi connectivity index (χ0v) is 29.0. The molecule has 0 heterocycles. The molecule has 0 nitrogen and oxygen atoms in total. The molecule has 6 aromatic carbocycles. The van der Waals surface area contributed by atoms with Crippen molar-refractivity contribution in [3.05, 3.63) is 194 Å². The molecule has 3 heteroatoms. The summed E-state index contributed by atoms with van der Waals surface area (Å²) >= 11 is 0. The second-order valence-electron chi connectivity index (χ2n) is 11.3.